The number of carbonyl (C=O) groups excluding carboxylic acids is 3. The molecule has 2 N–H and O–H groups in total. The number of nitrogens with one attached hydrogen (secondary N) is 2. The highest BCUT2D eigenvalue weighted by molar-refractivity contribution is 9.11. The molecule has 0 bridgehead atoms. The Morgan fingerprint density at radius 3 is 2.47 bits per heavy atom. The minimum Gasteiger partial charge on any atom is -0.454 e. The lowest BCUT2D eigenvalue weighted by atomic mass is 10.1. The molecule has 0 unspecified atom stereocenters. The van der Waals surface area contributed by atoms with Gasteiger partial charge in [0.15, 0.2) is 17.2 Å². The highest BCUT2D eigenvalue weighted by atomic mass is 79.9. The maximum Gasteiger partial charge on any atom is 0.336 e. The lowest BCUT2D eigenvalue weighted by Crippen LogP contribution is -2.18. The van der Waals surface area contributed by atoms with E-state index in [2.05, 4.69) is 47.7 Å². The number of halogens is 3. The molecule has 2 amide bonds. The Kier molecular flexibility index (Phi) is 9.55. The topological polar surface area (TPSA) is 115 Å². The molecule has 4 aromatic rings. The molecule has 0 saturated heterocycles. The van der Waals surface area contributed by atoms with Crippen molar-refractivity contribution in [3.05, 3.63) is 121 Å². The number of esters is 1. The summed E-state index contributed by atoms with van der Waals surface area (Å²) in [7, 11) is 0. The molecule has 1 heterocycles. The van der Waals surface area contributed by atoms with Gasteiger partial charge in [0.25, 0.3) is 11.8 Å². The van der Waals surface area contributed by atoms with E-state index in [0.717, 1.165) is 5.56 Å². The zero-order valence-corrected chi connectivity index (χ0v) is 25.9. The van der Waals surface area contributed by atoms with Crippen molar-refractivity contribution in [2.24, 2.45) is 5.10 Å². The molecule has 0 saturated carbocycles. The molecule has 1 aliphatic rings. The summed E-state index contributed by atoms with van der Waals surface area (Å²) >= 11 is 12.7. The van der Waals surface area contributed by atoms with Crippen LogP contribution in [0.3, 0.4) is 0 Å². The summed E-state index contributed by atoms with van der Waals surface area (Å²) in [5.74, 6) is -0.240. The van der Waals surface area contributed by atoms with E-state index in [4.69, 9.17) is 25.8 Å². The summed E-state index contributed by atoms with van der Waals surface area (Å²) in [6.07, 6.45) is 4.24. The fourth-order valence-corrected chi connectivity index (χ4v) is 5.33. The van der Waals surface area contributed by atoms with Crippen molar-refractivity contribution in [3.8, 4) is 17.2 Å². The largest absolute Gasteiger partial charge is 0.454 e. The molecular weight excluding hydrogens is 706 g/mol. The highest BCUT2D eigenvalue weighted by Crippen LogP contribution is 2.33. The second-order valence-electron chi connectivity index (χ2n) is 8.91. The normalized spacial score (nSPS) is 12.0. The van der Waals surface area contributed by atoms with Gasteiger partial charge in [-0.25, -0.2) is 10.2 Å². The molecule has 216 valence electrons. The third-order valence-corrected chi connectivity index (χ3v) is 7.21. The standard InChI is InChI=1S/C31H20Br2ClN3O6/c32-22-12-21(29(25(33)15-22)43-28(38)11-6-18-4-8-23(34)9-5-18)16-35-37-31(40)19-2-1-3-24(13-19)36-30(39)20-7-10-26-27(14-20)42-17-41-26/h1-16H,17H2,(H,36,39)(H,37,40)/b11-6+,35-16?. The Bertz CT molecular complexity index is 1780. The van der Waals surface area contributed by atoms with E-state index in [9.17, 15) is 14.4 Å². The first kappa shape index (κ1) is 30.0. The highest BCUT2D eigenvalue weighted by Gasteiger charge is 2.17. The van der Waals surface area contributed by atoms with Gasteiger partial charge in [0.2, 0.25) is 6.79 Å². The molecule has 0 fully saturated rings. The van der Waals surface area contributed by atoms with Gasteiger partial charge in [-0.2, -0.15) is 5.10 Å². The Labute approximate surface area is 267 Å². The summed E-state index contributed by atoms with van der Waals surface area (Å²) in [5.41, 5.74) is 4.69. The monoisotopic (exact) mass is 723 g/mol. The van der Waals surface area contributed by atoms with Crippen molar-refractivity contribution in [1.29, 1.82) is 0 Å². The number of amides is 2. The average Bonchev–Trinajstić information content (AvgIpc) is 3.47. The lowest BCUT2D eigenvalue weighted by Gasteiger charge is -2.09. The van der Waals surface area contributed by atoms with Gasteiger partial charge in [0, 0.05) is 37.9 Å². The summed E-state index contributed by atoms with van der Waals surface area (Å²) in [6, 6.07) is 21.6. The van der Waals surface area contributed by atoms with Crippen molar-refractivity contribution >= 4 is 79.2 Å². The van der Waals surface area contributed by atoms with Crippen molar-refractivity contribution in [1.82, 2.24) is 5.43 Å². The van der Waals surface area contributed by atoms with Crippen LogP contribution in [-0.4, -0.2) is 30.8 Å². The fourth-order valence-electron chi connectivity index (χ4n) is 3.86. The number of nitrogens with zero attached hydrogens (tertiary/aromatic N) is 1. The molecule has 0 atom stereocenters. The molecule has 1 aliphatic heterocycles. The van der Waals surface area contributed by atoms with Crippen LogP contribution in [0.5, 0.6) is 17.2 Å². The van der Waals surface area contributed by atoms with Gasteiger partial charge in [-0.15, -0.1) is 0 Å². The van der Waals surface area contributed by atoms with Crippen molar-refractivity contribution in [2.75, 3.05) is 12.1 Å². The molecule has 0 aromatic heterocycles. The first-order valence-corrected chi connectivity index (χ1v) is 14.5. The number of ether oxygens (including phenoxy) is 3. The van der Waals surface area contributed by atoms with Crippen molar-refractivity contribution < 1.29 is 28.6 Å². The van der Waals surface area contributed by atoms with Crippen LogP contribution < -0.4 is 25.0 Å². The van der Waals surface area contributed by atoms with Crippen LogP contribution in [0.2, 0.25) is 5.02 Å². The fraction of sp³-hybridized carbons (Fsp3) is 0.0323. The van der Waals surface area contributed by atoms with E-state index in [0.29, 0.717) is 42.3 Å². The van der Waals surface area contributed by atoms with Gasteiger partial charge >= 0.3 is 5.97 Å². The molecule has 5 rings (SSSR count). The number of benzene rings is 4. The minimum atomic E-state index is -0.615. The third kappa shape index (κ3) is 7.89. The maximum atomic E-state index is 12.8. The molecule has 0 radical (unpaired) electrons. The smallest absolute Gasteiger partial charge is 0.336 e. The maximum absolute atomic E-state index is 12.8. The quantitative estimate of drug-likeness (QED) is 0.0652. The summed E-state index contributed by atoms with van der Waals surface area (Å²) < 4.78 is 17.3. The summed E-state index contributed by atoms with van der Waals surface area (Å²) in [5, 5.41) is 7.39. The van der Waals surface area contributed by atoms with E-state index >= 15 is 0 Å². The number of rotatable bonds is 8. The SMILES string of the molecule is O=C(/C=C/c1ccc(Cl)cc1)Oc1c(Br)cc(Br)cc1C=NNC(=O)c1cccc(NC(=O)c2ccc3c(c2)OCO3)c1. The molecule has 0 aliphatic carbocycles. The predicted molar refractivity (Wildman–Crippen MR) is 170 cm³/mol. The second kappa shape index (κ2) is 13.7. The van der Waals surface area contributed by atoms with Crippen LogP contribution in [0, 0.1) is 0 Å². The Morgan fingerprint density at radius 2 is 1.65 bits per heavy atom. The number of hydrogen-bond acceptors (Lipinski definition) is 7. The number of anilines is 1. The Hall–Kier alpha value is -4.45. The lowest BCUT2D eigenvalue weighted by molar-refractivity contribution is -0.128. The van der Waals surface area contributed by atoms with Gasteiger partial charge < -0.3 is 19.5 Å². The van der Waals surface area contributed by atoms with E-state index in [-0.39, 0.29) is 24.0 Å². The van der Waals surface area contributed by atoms with E-state index in [1.165, 1.54) is 18.4 Å². The van der Waals surface area contributed by atoms with Gasteiger partial charge in [-0.3, -0.25) is 9.59 Å². The summed E-state index contributed by atoms with van der Waals surface area (Å²) in [6.45, 7) is 0.105. The second-order valence-corrected chi connectivity index (χ2v) is 11.1. The molecule has 12 heteroatoms. The average molecular weight is 726 g/mol. The van der Waals surface area contributed by atoms with Crippen LogP contribution in [0.25, 0.3) is 6.08 Å². The minimum absolute atomic E-state index is 0.105. The Balaban J connectivity index is 1.23. The zero-order valence-electron chi connectivity index (χ0n) is 22.0. The van der Waals surface area contributed by atoms with Crippen LogP contribution in [0.4, 0.5) is 5.69 Å². The third-order valence-electron chi connectivity index (χ3n) is 5.91. The number of hydrogen-bond donors (Lipinski definition) is 2. The Morgan fingerprint density at radius 1 is 0.884 bits per heavy atom. The van der Waals surface area contributed by atoms with E-state index in [1.807, 2.05) is 0 Å². The predicted octanol–water partition coefficient (Wildman–Crippen LogP) is 7.23. The van der Waals surface area contributed by atoms with Crippen molar-refractivity contribution in [3.63, 3.8) is 0 Å². The number of carbonyl (C=O) groups is 3. The van der Waals surface area contributed by atoms with Crippen LogP contribution in [0.1, 0.15) is 31.8 Å². The number of fused-ring (bicyclic) bond motifs is 1. The molecule has 9 nitrogen and oxygen atoms in total. The van der Waals surface area contributed by atoms with E-state index < -0.39 is 11.9 Å². The van der Waals surface area contributed by atoms with Crippen molar-refractivity contribution in [2.45, 2.75) is 0 Å². The first-order valence-electron chi connectivity index (χ1n) is 12.5. The van der Waals surface area contributed by atoms with Gasteiger partial charge in [0.05, 0.1) is 10.7 Å². The summed E-state index contributed by atoms with van der Waals surface area (Å²) in [4.78, 5) is 38.1. The van der Waals surface area contributed by atoms with E-state index in [1.54, 1.807) is 78.9 Å². The molecule has 4 aromatic carbocycles. The molecular formula is C31H20Br2ClN3O6. The van der Waals surface area contributed by atoms with Crippen LogP contribution in [-0.2, 0) is 4.79 Å². The van der Waals surface area contributed by atoms with Gasteiger partial charge in [0.1, 0.15) is 0 Å². The van der Waals surface area contributed by atoms with Crippen LogP contribution in [0.15, 0.2) is 99.0 Å². The first-order chi connectivity index (χ1) is 20.7. The molecule has 0 spiro atoms. The van der Waals surface area contributed by atoms with Crippen LogP contribution >= 0.6 is 43.5 Å². The van der Waals surface area contributed by atoms with Gasteiger partial charge in [-0.1, -0.05) is 45.7 Å². The van der Waals surface area contributed by atoms with Gasteiger partial charge in [-0.05, 0) is 88.2 Å². The number of hydrazone groups is 1. The molecule has 43 heavy (non-hydrogen) atoms. The zero-order chi connectivity index (χ0) is 30.3.